The second kappa shape index (κ2) is 8.04. The summed E-state index contributed by atoms with van der Waals surface area (Å²) in [6.45, 7) is 4.37. The third kappa shape index (κ3) is 4.33. The van der Waals surface area contributed by atoms with Gasteiger partial charge in [0, 0.05) is 18.5 Å². The fourth-order valence-electron chi connectivity index (χ4n) is 3.32. The third-order valence-electron chi connectivity index (χ3n) is 4.80. The highest BCUT2D eigenvalue weighted by atomic mass is 32.1. The van der Waals surface area contributed by atoms with Crippen LogP contribution >= 0.6 is 11.3 Å². The number of likely N-dealkylation sites (N-methyl/N-ethyl adjacent to an activating group) is 1. The molecule has 0 bridgehead atoms. The first-order valence-electron chi connectivity index (χ1n) is 9.05. The Morgan fingerprint density at radius 2 is 2.04 bits per heavy atom. The van der Waals surface area contributed by atoms with Gasteiger partial charge in [-0.15, -0.1) is 11.3 Å². The van der Waals surface area contributed by atoms with Gasteiger partial charge in [-0.1, -0.05) is 37.3 Å². The van der Waals surface area contributed by atoms with Gasteiger partial charge < -0.3 is 9.64 Å². The molecular formula is C21H25NO3S. The lowest BCUT2D eigenvalue weighted by molar-refractivity contribution is -0.139. The van der Waals surface area contributed by atoms with Crippen molar-refractivity contribution in [1.82, 2.24) is 4.90 Å². The third-order valence-corrected chi connectivity index (χ3v) is 6.02. The molecule has 0 aliphatic heterocycles. The van der Waals surface area contributed by atoms with Crippen molar-refractivity contribution in [2.45, 2.75) is 45.8 Å². The number of thiophene rings is 1. The molecule has 26 heavy (non-hydrogen) atoms. The van der Waals surface area contributed by atoms with Crippen LogP contribution in [0, 0.1) is 5.92 Å². The van der Waals surface area contributed by atoms with Gasteiger partial charge in [-0.2, -0.15) is 0 Å². The Morgan fingerprint density at radius 3 is 2.77 bits per heavy atom. The summed E-state index contributed by atoms with van der Waals surface area (Å²) in [5, 5.41) is 0. The van der Waals surface area contributed by atoms with Crippen LogP contribution in [0.4, 0.5) is 0 Å². The summed E-state index contributed by atoms with van der Waals surface area (Å²) in [5.74, 6) is 0.0660. The first-order valence-corrected chi connectivity index (χ1v) is 9.87. The number of aryl methyl sites for hydroxylation is 1. The maximum Gasteiger partial charge on any atom is 0.349 e. The summed E-state index contributed by atoms with van der Waals surface area (Å²) >= 11 is 1.51. The van der Waals surface area contributed by atoms with E-state index in [9.17, 15) is 9.59 Å². The molecule has 0 unspecified atom stereocenters. The van der Waals surface area contributed by atoms with Crippen molar-refractivity contribution in [2.75, 3.05) is 7.05 Å². The van der Waals surface area contributed by atoms with Gasteiger partial charge in [0.25, 0.3) is 5.91 Å². The average molecular weight is 372 g/mol. The summed E-state index contributed by atoms with van der Waals surface area (Å²) in [5.41, 5.74) is 2.31. The number of ether oxygens (including phenoxy) is 1. The van der Waals surface area contributed by atoms with Gasteiger partial charge in [0.15, 0.2) is 6.10 Å². The quantitative estimate of drug-likeness (QED) is 0.744. The minimum atomic E-state index is -0.797. The molecule has 1 amide bonds. The fraction of sp³-hybridized carbons (Fsp3) is 0.429. The van der Waals surface area contributed by atoms with Gasteiger partial charge in [-0.25, -0.2) is 4.79 Å². The van der Waals surface area contributed by atoms with E-state index in [-0.39, 0.29) is 5.91 Å². The Balaban J connectivity index is 1.59. The smallest absolute Gasteiger partial charge is 0.349 e. The molecule has 0 saturated carbocycles. The molecule has 1 aromatic carbocycles. The second-order valence-electron chi connectivity index (χ2n) is 7.13. The van der Waals surface area contributed by atoms with Crippen LogP contribution in [0.3, 0.4) is 0 Å². The van der Waals surface area contributed by atoms with E-state index in [1.54, 1.807) is 18.9 Å². The van der Waals surface area contributed by atoms with E-state index in [0.717, 1.165) is 18.4 Å². The Morgan fingerprint density at radius 1 is 1.31 bits per heavy atom. The van der Waals surface area contributed by atoms with Crippen molar-refractivity contribution in [1.29, 1.82) is 0 Å². The Hall–Kier alpha value is -2.14. The highest BCUT2D eigenvalue weighted by Crippen LogP contribution is 2.32. The second-order valence-corrected chi connectivity index (χ2v) is 8.27. The molecule has 1 aromatic heterocycles. The minimum absolute atomic E-state index is 0.197. The summed E-state index contributed by atoms with van der Waals surface area (Å²) in [6, 6.07) is 11.7. The Labute approximate surface area is 158 Å². The number of esters is 1. The maximum atomic E-state index is 12.5. The average Bonchev–Trinajstić information content (AvgIpc) is 3.05. The number of hydrogen-bond donors (Lipinski definition) is 0. The molecular weight excluding hydrogens is 346 g/mol. The maximum absolute atomic E-state index is 12.5. The van der Waals surface area contributed by atoms with E-state index in [1.165, 1.54) is 28.2 Å². The summed E-state index contributed by atoms with van der Waals surface area (Å²) < 4.78 is 5.44. The molecule has 0 fully saturated rings. The van der Waals surface area contributed by atoms with Gasteiger partial charge in [0.05, 0.1) is 0 Å². The number of hydrogen-bond acceptors (Lipinski definition) is 4. The van der Waals surface area contributed by atoms with Gasteiger partial charge in [0.1, 0.15) is 4.88 Å². The van der Waals surface area contributed by atoms with Crippen molar-refractivity contribution < 1.29 is 14.3 Å². The van der Waals surface area contributed by atoms with E-state index >= 15 is 0 Å². The predicted molar refractivity (Wildman–Crippen MR) is 103 cm³/mol. The molecule has 0 radical (unpaired) electrons. The number of rotatable bonds is 5. The Kier molecular flexibility index (Phi) is 5.77. The molecule has 2 atom stereocenters. The lowest BCUT2D eigenvalue weighted by Gasteiger charge is -2.21. The van der Waals surface area contributed by atoms with Gasteiger partial charge >= 0.3 is 5.97 Å². The van der Waals surface area contributed by atoms with Crippen molar-refractivity contribution in [2.24, 2.45) is 5.92 Å². The molecule has 2 aromatic rings. The number of fused-ring (bicyclic) bond motifs is 1. The number of amides is 1. The molecule has 0 saturated heterocycles. The van der Waals surface area contributed by atoms with Crippen LogP contribution in [0.15, 0.2) is 36.4 Å². The highest BCUT2D eigenvalue weighted by Gasteiger charge is 2.25. The largest absolute Gasteiger partial charge is 0.448 e. The van der Waals surface area contributed by atoms with E-state index < -0.39 is 12.1 Å². The van der Waals surface area contributed by atoms with Crippen molar-refractivity contribution in [3.63, 3.8) is 0 Å². The van der Waals surface area contributed by atoms with Crippen LogP contribution in [0.25, 0.3) is 0 Å². The lowest BCUT2D eigenvalue weighted by atomic mass is 9.90. The summed E-state index contributed by atoms with van der Waals surface area (Å²) in [4.78, 5) is 28.4. The van der Waals surface area contributed by atoms with Crippen LogP contribution in [-0.2, 0) is 28.9 Å². The molecule has 4 nitrogen and oxygen atoms in total. The van der Waals surface area contributed by atoms with Crippen molar-refractivity contribution >= 4 is 23.2 Å². The van der Waals surface area contributed by atoms with Crippen molar-refractivity contribution in [3.05, 3.63) is 57.3 Å². The standard InChI is InChI=1S/C21H25NO3S/c1-14-9-10-18-17(11-14)12-19(26-18)21(24)25-15(2)20(23)22(3)13-16-7-5-4-6-8-16/h4-8,12,14-15H,9-11,13H2,1-3H3/t14-,15-/m1/s1. The van der Waals surface area contributed by atoms with Crippen LogP contribution in [0.1, 0.15) is 45.9 Å². The first-order chi connectivity index (χ1) is 12.4. The molecule has 138 valence electrons. The van der Waals surface area contributed by atoms with E-state index in [4.69, 9.17) is 4.74 Å². The Bertz CT molecular complexity index is 784. The van der Waals surface area contributed by atoms with Gasteiger partial charge in [-0.05, 0) is 49.3 Å². The van der Waals surface area contributed by atoms with E-state index in [0.29, 0.717) is 17.3 Å². The van der Waals surface area contributed by atoms with E-state index in [1.807, 2.05) is 36.4 Å². The van der Waals surface area contributed by atoms with Crippen LogP contribution in [0.5, 0.6) is 0 Å². The van der Waals surface area contributed by atoms with Gasteiger partial charge in [0.2, 0.25) is 0 Å². The number of nitrogens with zero attached hydrogens (tertiary/aromatic N) is 1. The van der Waals surface area contributed by atoms with Gasteiger partial charge in [-0.3, -0.25) is 4.79 Å². The zero-order chi connectivity index (χ0) is 18.7. The molecule has 5 heteroatoms. The topological polar surface area (TPSA) is 46.6 Å². The SMILES string of the molecule is C[C@@H]1CCc2sc(C(=O)O[C@H](C)C(=O)N(C)Cc3ccccc3)cc2C1. The lowest BCUT2D eigenvalue weighted by Crippen LogP contribution is -2.37. The number of carbonyl (C=O) groups is 2. The highest BCUT2D eigenvalue weighted by molar-refractivity contribution is 7.14. The predicted octanol–water partition coefficient (Wildman–Crippen LogP) is 4.08. The molecule has 0 N–H and O–H groups in total. The minimum Gasteiger partial charge on any atom is -0.448 e. The normalized spacial score (nSPS) is 17.3. The van der Waals surface area contributed by atoms with Crippen LogP contribution < -0.4 is 0 Å². The molecule has 1 aliphatic carbocycles. The summed E-state index contributed by atoms with van der Waals surface area (Å²) in [7, 11) is 1.73. The van der Waals surface area contributed by atoms with Crippen LogP contribution in [0.2, 0.25) is 0 Å². The molecule has 1 aliphatic rings. The summed E-state index contributed by atoms with van der Waals surface area (Å²) in [6.07, 6.45) is 2.42. The zero-order valence-electron chi connectivity index (χ0n) is 15.5. The monoisotopic (exact) mass is 371 g/mol. The van der Waals surface area contributed by atoms with E-state index in [2.05, 4.69) is 6.92 Å². The number of benzene rings is 1. The van der Waals surface area contributed by atoms with Crippen molar-refractivity contribution in [3.8, 4) is 0 Å². The molecule has 0 spiro atoms. The number of carbonyl (C=O) groups excluding carboxylic acids is 2. The molecule has 1 heterocycles. The van der Waals surface area contributed by atoms with Crippen LogP contribution in [-0.4, -0.2) is 29.9 Å². The fourth-order valence-corrected chi connectivity index (χ4v) is 4.41. The first kappa shape index (κ1) is 18.6. The molecule has 3 rings (SSSR count). The zero-order valence-corrected chi connectivity index (χ0v) is 16.3.